The second kappa shape index (κ2) is 5.85. The predicted molar refractivity (Wildman–Crippen MR) is 60.6 cm³/mol. The van der Waals surface area contributed by atoms with E-state index in [0.717, 1.165) is 5.56 Å². The van der Waals surface area contributed by atoms with E-state index in [1.54, 1.807) is 0 Å². The maximum Gasteiger partial charge on any atom is 0.0805 e. The molecule has 0 saturated heterocycles. The van der Waals surface area contributed by atoms with Crippen molar-refractivity contribution in [3.8, 4) is 0 Å². The fourth-order valence-corrected chi connectivity index (χ4v) is 1.52. The fourth-order valence-electron chi connectivity index (χ4n) is 1.52. The van der Waals surface area contributed by atoms with Gasteiger partial charge in [-0.25, -0.2) is 0 Å². The van der Waals surface area contributed by atoms with Crippen LogP contribution in [-0.4, -0.2) is 41.9 Å². The lowest BCUT2D eigenvalue weighted by atomic mass is 10.0. The zero-order chi connectivity index (χ0) is 11.3. The molecule has 0 heterocycles. The maximum atomic E-state index is 9.93. The van der Waals surface area contributed by atoms with E-state index in [4.69, 9.17) is 5.11 Å². The first kappa shape index (κ1) is 12.2. The number of aliphatic hydroxyl groups is 2. The van der Waals surface area contributed by atoms with Gasteiger partial charge in [0.05, 0.1) is 12.7 Å². The Kier molecular flexibility index (Phi) is 4.75. The third kappa shape index (κ3) is 3.63. The van der Waals surface area contributed by atoms with Crippen LogP contribution in [0.25, 0.3) is 0 Å². The highest BCUT2D eigenvalue weighted by atomic mass is 16.3. The third-order valence-electron chi connectivity index (χ3n) is 2.62. The van der Waals surface area contributed by atoms with Gasteiger partial charge in [0, 0.05) is 6.04 Å². The summed E-state index contributed by atoms with van der Waals surface area (Å²) in [6, 6.07) is 9.53. The van der Waals surface area contributed by atoms with Crippen molar-refractivity contribution in [2.24, 2.45) is 0 Å². The molecule has 1 aromatic carbocycles. The number of hydrogen-bond donors (Lipinski definition) is 2. The molecule has 2 unspecified atom stereocenters. The molecule has 3 nitrogen and oxygen atoms in total. The molecule has 0 aromatic heterocycles. The van der Waals surface area contributed by atoms with Crippen LogP contribution in [0.15, 0.2) is 30.3 Å². The van der Waals surface area contributed by atoms with Crippen LogP contribution in [0.4, 0.5) is 0 Å². The largest absolute Gasteiger partial charge is 0.395 e. The minimum absolute atomic E-state index is 0.000191. The molecule has 84 valence electrons. The molecule has 0 saturated carbocycles. The standard InChI is InChI=1S/C12H19NO2/c1-13(2)11(9-14)8-12(15)10-6-4-3-5-7-10/h3-7,11-12,14-15H,8-9H2,1-2H3. The van der Waals surface area contributed by atoms with Gasteiger partial charge in [-0.15, -0.1) is 0 Å². The molecule has 3 heteroatoms. The molecule has 0 bridgehead atoms. The van der Waals surface area contributed by atoms with Gasteiger partial charge in [-0.2, -0.15) is 0 Å². The van der Waals surface area contributed by atoms with Crippen molar-refractivity contribution in [2.75, 3.05) is 20.7 Å². The summed E-state index contributed by atoms with van der Waals surface area (Å²) in [6.07, 6.45) is 0.0406. The van der Waals surface area contributed by atoms with Crippen molar-refractivity contribution in [1.29, 1.82) is 0 Å². The molecule has 0 aliphatic rings. The second-order valence-corrected chi connectivity index (χ2v) is 3.96. The number of hydrogen-bond acceptors (Lipinski definition) is 3. The normalized spacial score (nSPS) is 15.3. The topological polar surface area (TPSA) is 43.7 Å². The Balaban J connectivity index is 2.58. The Morgan fingerprint density at radius 2 is 1.80 bits per heavy atom. The summed E-state index contributed by atoms with van der Waals surface area (Å²) < 4.78 is 0. The molecule has 1 rings (SSSR count). The minimum Gasteiger partial charge on any atom is -0.395 e. The number of rotatable bonds is 5. The van der Waals surface area contributed by atoms with Gasteiger partial charge in [0.1, 0.15) is 0 Å². The van der Waals surface area contributed by atoms with Crippen LogP contribution in [0.1, 0.15) is 18.1 Å². The molecule has 0 aliphatic carbocycles. The lowest BCUT2D eigenvalue weighted by Crippen LogP contribution is -2.32. The van der Waals surface area contributed by atoms with Crippen molar-refractivity contribution < 1.29 is 10.2 Å². The summed E-state index contributed by atoms with van der Waals surface area (Å²) in [5.41, 5.74) is 0.901. The Labute approximate surface area is 91.0 Å². The maximum absolute atomic E-state index is 9.93. The number of nitrogens with zero attached hydrogens (tertiary/aromatic N) is 1. The SMILES string of the molecule is CN(C)C(CO)CC(O)c1ccccc1. The molecular formula is C12H19NO2. The van der Waals surface area contributed by atoms with Crippen molar-refractivity contribution in [3.63, 3.8) is 0 Å². The van der Waals surface area contributed by atoms with Gasteiger partial charge in [0.15, 0.2) is 0 Å². The summed E-state index contributed by atoms with van der Waals surface area (Å²) in [6.45, 7) is 0.0664. The number of aliphatic hydroxyl groups excluding tert-OH is 2. The smallest absolute Gasteiger partial charge is 0.0805 e. The predicted octanol–water partition coefficient (Wildman–Crippen LogP) is 1.03. The molecule has 1 aromatic rings. The van der Waals surface area contributed by atoms with Gasteiger partial charge in [-0.05, 0) is 26.1 Å². The van der Waals surface area contributed by atoms with Crippen LogP contribution in [0, 0.1) is 0 Å². The number of likely N-dealkylation sites (N-methyl/N-ethyl adjacent to an activating group) is 1. The molecule has 2 atom stereocenters. The highest BCUT2D eigenvalue weighted by Crippen LogP contribution is 2.19. The Morgan fingerprint density at radius 1 is 1.20 bits per heavy atom. The fraction of sp³-hybridized carbons (Fsp3) is 0.500. The van der Waals surface area contributed by atoms with Crippen molar-refractivity contribution in [3.05, 3.63) is 35.9 Å². The van der Waals surface area contributed by atoms with Crippen molar-refractivity contribution >= 4 is 0 Å². The Bertz CT molecular complexity index is 274. The van der Waals surface area contributed by atoms with Crippen LogP contribution < -0.4 is 0 Å². The highest BCUT2D eigenvalue weighted by Gasteiger charge is 2.16. The first-order chi connectivity index (χ1) is 7.15. The summed E-state index contributed by atoms with van der Waals surface area (Å²) in [5.74, 6) is 0. The Hall–Kier alpha value is -0.900. The monoisotopic (exact) mass is 209 g/mol. The third-order valence-corrected chi connectivity index (χ3v) is 2.62. The van der Waals surface area contributed by atoms with Gasteiger partial charge >= 0.3 is 0 Å². The zero-order valence-electron chi connectivity index (χ0n) is 9.30. The molecule has 0 spiro atoms. The van der Waals surface area contributed by atoms with Crippen LogP contribution in [0.5, 0.6) is 0 Å². The van der Waals surface area contributed by atoms with Gasteiger partial charge in [-0.3, -0.25) is 0 Å². The van der Waals surface area contributed by atoms with E-state index in [0.29, 0.717) is 6.42 Å². The van der Waals surface area contributed by atoms with E-state index in [1.807, 2.05) is 49.3 Å². The van der Waals surface area contributed by atoms with E-state index < -0.39 is 6.10 Å². The first-order valence-electron chi connectivity index (χ1n) is 5.15. The van der Waals surface area contributed by atoms with Crippen LogP contribution >= 0.6 is 0 Å². The van der Waals surface area contributed by atoms with E-state index in [1.165, 1.54) is 0 Å². The van der Waals surface area contributed by atoms with Crippen molar-refractivity contribution in [2.45, 2.75) is 18.6 Å². The molecule has 0 amide bonds. The number of benzene rings is 1. The summed E-state index contributed by atoms with van der Waals surface area (Å²) in [5, 5.41) is 19.1. The lowest BCUT2D eigenvalue weighted by Gasteiger charge is -2.24. The minimum atomic E-state index is -0.509. The van der Waals surface area contributed by atoms with E-state index in [-0.39, 0.29) is 12.6 Å². The van der Waals surface area contributed by atoms with Crippen molar-refractivity contribution in [1.82, 2.24) is 4.90 Å². The van der Waals surface area contributed by atoms with E-state index in [2.05, 4.69) is 0 Å². The highest BCUT2D eigenvalue weighted by molar-refractivity contribution is 5.17. The lowest BCUT2D eigenvalue weighted by molar-refractivity contribution is 0.0911. The molecule has 15 heavy (non-hydrogen) atoms. The van der Waals surface area contributed by atoms with Crippen LogP contribution in [0.2, 0.25) is 0 Å². The average Bonchev–Trinajstić information content (AvgIpc) is 2.26. The summed E-state index contributed by atoms with van der Waals surface area (Å²) >= 11 is 0. The van der Waals surface area contributed by atoms with E-state index >= 15 is 0 Å². The first-order valence-corrected chi connectivity index (χ1v) is 5.15. The summed E-state index contributed by atoms with van der Waals surface area (Å²) in [7, 11) is 3.80. The average molecular weight is 209 g/mol. The molecule has 2 N–H and O–H groups in total. The second-order valence-electron chi connectivity index (χ2n) is 3.96. The zero-order valence-corrected chi connectivity index (χ0v) is 9.30. The van der Waals surface area contributed by atoms with Gasteiger partial charge in [-0.1, -0.05) is 30.3 Å². The summed E-state index contributed by atoms with van der Waals surface area (Å²) in [4.78, 5) is 1.92. The van der Waals surface area contributed by atoms with Gasteiger partial charge < -0.3 is 15.1 Å². The van der Waals surface area contributed by atoms with E-state index in [9.17, 15) is 5.11 Å². The molecular weight excluding hydrogens is 190 g/mol. The molecule has 0 aliphatic heterocycles. The van der Waals surface area contributed by atoms with Crippen LogP contribution in [-0.2, 0) is 0 Å². The Morgan fingerprint density at radius 3 is 2.27 bits per heavy atom. The van der Waals surface area contributed by atoms with Crippen LogP contribution in [0.3, 0.4) is 0 Å². The quantitative estimate of drug-likeness (QED) is 0.761. The molecule has 0 fully saturated rings. The van der Waals surface area contributed by atoms with Gasteiger partial charge in [0.2, 0.25) is 0 Å². The van der Waals surface area contributed by atoms with Gasteiger partial charge in [0.25, 0.3) is 0 Å². The molecule has 0 radical (unpaired) electrons.